The fourth-order valence-electron chi connectivity index (χ4n) is 3.20. The van der Waals surface area contributed by atoms with Crippen LogP contribution in [0.4, 0.5) is 0 Å². The minimum absolute atomic E-state index is 0.576. The molecule has 1 aromatic carbocycles. The number of rotatable bonds is 7. The largest absolute Gasteiger partial charge is 0.326 e. The predicted molar refractivity (Wildman–Crippen MR) is 98.7 cm³/mol. The summed E-state index contributed by atoms with van der Waals surface area (Å²) in [5, 5.41) is 1.07. The Morgan fingerprint density at radius 3 is 2.52 bits per heavy atom. The third-order valence-electron chi connectivity index (χ3n) is 4.59. The number of unbranched alkanes of at least 4 members (excludes halogenated alkanes) is 1. The van der Waals surface area contributed by atoms with Gasteiger partial charge in [0.25, 0.3) is 0 Å². The van der Waals surface area contributed by atoms with Crippen molar-refractivity contribution in [3.63, 3.8) is 0 Å². The summed E-state index contributed by atoms with van der Waals surface area (Å²) < 4.78 is 0. The Labute approximate surface area is 143 Å². The standard InChI is InChI=1S/C19H27N3S/c20-14-18-15-21-19(23-18)17-9-7-16(8-10-17)6-2-5-13-22-11-3-1-4-12-22/h7-10,15H,1-6,11-14,20H2. The van der Waals surface area contributed by atoms with Crippen LogP contribution in [0.2, 0.25) is 0 Å². The quantitative estimate of drug-likeness (QED) is 0.778. The highest BCUT2D eigenvalue weighted by Crippen LogP contribution is 2.25. The number of aryl methyl sites for hydroxylation is 1. The van der Waals surface area contributed by atoms with Crippen molar-refractivity contribution in [3.05, 3.63) is 40.9 Å². The molecule has 1 aliphatic rings. The fourth-order valence-corrected chi connectivity index (χ4v) is 3.99. The molecule has 1 aromatic heterocycles. The van der Waals surface area contributed by atoms with Crippen molar-refractivity contribution < 1.29 is 0 Å². The Morgan fingerprint density at radius 1 is 1.04 bits per heavy atom. The van der Waals surface area contributed by atoms with Crippen molar-refractivity contribution in [1.29, 1.82) is 0 Å². The van der Waals surface area contributed by atoms with E-state index in [2.05, 4.69) is 34.1 Å². The SMILES string of the molecule is NCc1cnc(-c2ccc(CCCCN3CCCCC3)cc2)s1. The lowest BCUT2D eigenvalue weighted by Crippen LogP contribution is -2.30. The van der Waals surface area contributed by atoms with Gasteiger partial charge in [0, 0.05) is 23.2 Å². The second-order valence-electron chi connectivity index (χ2n) is 6.39. The van der Waals surface area contributed by atoms with Gasteiger partial charge in [-0.3, -0.25) is 0 Å². The van der Waals surface area contributed by atoms with E-state index in [0.717, 1.165) is 9.88 Å². The summed E-state index contributed by atoms with van der Waals surface area (Å²) >= 11 is 1.69. The molecule has 1 fully saturated rings. The monoisotopic (exact) mass is 329 g/mol. The van der Waals surface area contributed by atoms with E-state index in [1.807, 2.05) is 6.20 Å². The van der Waals surface area contributed by atoms with E-state index in [9.17, 15) is 0 Å². The molecule has 124 valence electrons. The summed E-state index contributed by atoms with van der Waals surface area (Å²) in [7, 11) is 0. The Kier molecular flexibility index (Phi) is 6.20. The van der Waals surface area contributed by atoms with Gasteiger partial charge in [-0.05, 0) is 57.3 Å². The molecule has 23 heavy (non-hydrogen) atoms. The molecule has 1 saturated heterocycles. The zero-order valence-corrected chi connectivity index (χ0v) is 14.7. The number of benzene rings is 1. The molecule has 0 atom stereocenters. The van der Waals surface area contributed by atoms with Crippen LogP contribution in [0.15, 0.2) is 30.5 Å². The normalized spacial score (nSPS) is 15.9. The molecule has 0 bridgehead atoms. The van der Waals surface area contributed by atoms with Gasteiger partial charge in [0.05, 0.1) is 0 Å². The van der Waals surface area contributed by atoms with Crippen molar-refractivity contribution >= 4 is 11.3 Å². The number of nitrogens with two attached hydrogens (primary N) is 1. The number of piperidine rings is 1. The molecule has 4 heteroatoms. The lowest BCUT2D eigenvalue weighted by molar-refractivity contribution is 0.225. The highest BCUT2D eigenvalue weighted by molar-refractivity contribution is 7.15. The van der Waals surface area contributed by atoms with Crippen molar-refractivity contribution in [2.24, 2.45) is 5.73 Å². The smallest absolute Gasteiger partial charge is 0.123 e. The number of nitrogens with zero attached hydrogens (tertiary/aromatic N) is 2. The van der Waals surface area contributed by atoms with Crippen molar-refractivity contribution in [1.82, 2.24) is 9.88 Å². The van der Waals surface area contributed by atoms with E-state index in [0.29, 0.717) is 6.54 Å². The molecule has 0 spiro atoms. The van der Waals surface area contributed by atoms with Gasteiger partial charge >= 0.3 is 0 Å². The highest BCUT2D eigenvalue weighted by Gasteiger charge is 2.09. The first-order valence-electron chi connectivity index (χ1n) is 8.81. The number of thiazole rings is 1. The van der Waals surface area contributed by atoms with Crippen molar-refractivity contribution in [2.45, 2.75) is 45.1 Å². The fraction of sp³-hybridized carbons (Fsp3) is 0.526. The van der Waals surface area contributed by atoms with E-state index in [1.54, 1.807) is 11.3 Å². The first-order chi connectivity index (χ1) is 11.3. The Morgan fingerprint density at radius 2 is 1.83 bits per heavy atom. The molecular formula is C19H27N3S. The van der Waals surface area contributed by atoms with E-state index in [4.69, 9.17) is 5.73 Å². The lowest BCUT2D eigenvalue weighted by atomic mass is 10.1. The number of hydrogen-bond acceptors (Lipinski definition) is 4. The molecule has 2 aromatic rings. The third-order valence-corrected chi connectivity index (χ3v) is 5.66. The number of likely N-dealkylation sites (tertiary alicyclic amines) is 1. The Balaban J connectivity index is 1.44. The average Bonchev–Trinajstić information content (AvgIpc) is 3.09. The maximum atomic E-state index is 5.65. The maximum absolute atomic E-state index is 5.65. The summed E-state index contributed by atoms with van der Waals surface area (Å²) in [6, 6.07) is 8.89. The first-order valence-corrected chi connectivity index (χ1v) is 9.63. The molecule has 3 rings (SSSR count). The summed E-state index contributed by atoms with van der Waals surface area (Å²) in [4.78, 5) is 8.22. The zero-order valence-electron chi connectivity index (χ0n) is 13.8. The molecular weight excluding hydrogens is 302 g/mol. The van der Waals surface area contributed by atoms with E-state index < -0.39 is 0 Å². The summed E-state index contributed by atoms with van der Waals surface area (Å²) in [6.45, 7) is 4.48. The predicted octanol–water partition coefficient (Wildman–Crippen LogP) is 4.08. The molecule has 2 heterocycles. The number of hydrogen-bond donors (Lipinski definition) is 1. The van der Waals surface area contributed by atoms with Crippen LogP contribution >= 0.6 is 11.3 Å². The Hall–Kier alpha value is -1.23. The molecule has 2 N–H and O–H groups in total. The second-order valence-corrected chi connectivity index (χ2v) is 7.51. The molecule has 0 unspecified atom stereocenters. The van der Waals surface area contributed by atoms with Gasteiger partial charge in [-0.2, -0.15) is 0 Å². The van der Waals surface area contributed by atoms with Crippen molar-refractivity contribution in [2.75, 3.05) is 19.6 Å². The van der Waals surface area contributed by atoms with Crippen LogP contribution in [0, 0.1) is 0 Å². The minimum atomic E-state index is 0.576. The van der Waals surface area contributed by atoms with Gasteiger partial charge in [0.15, 0.2) is 0 Å². The van der Waals surface area contributed by atoms with Gasteiger partial charge in [-0.15, -0.1) is 11.3 Å². The zero-order chi connectivity index (χ0) is 15.9. The van der Waals surface area contributed by atoms with Crippen molar-refractivity contribution in [3.8, 4) is 10.6 Å². The average molecular weight is 330 g/mol. The summed E-state index contributed by atoms with van der Waals surface area (Å²) in [6.07, 6.45) is 9.87. The first kappa shape index (κ1) is 16.6. The van der Waals surface area contributed by atoms with Crippen LogP contribution in [0.1, 0.15) is 42.5 Å². The van der Waals surface area contributed by atoms with Crippen LogP contribution in [0.25, 0.3) is 10.6 Å². The summed E-state index contributed by atoms with van der Waals surface area (Å²) in [5.74, 6) is 0. The van der Waals surface area contributed by atoms with Crippen LogP contribution in [-0.4, -0.2) is 29.5 Å². The highest BCUT2D eigenvalue weighted by atomic mass is 32.1. The van der Waals surface area contributed by atoms with Gasteiger partial charge in [0.1, 0.15) is 5.01 Å². The molecule has 0 saturated carbocycles. The molecule has 3 nitrogen and oxygen atoms in total. The maximum Gasteiger partial charge on any atom is 0.123 e. The molecule has 0 amide bonds. The topological polar surface area (TPSA) is 42.1 Å². The summed E-state index contributed by atoms with van der Waals surface area (Å²) in [5.41, 5.74) is 8.29. The van der Waals surface area contributed by atoms with Crippen LogP contribution < -0.4 is 5.73 Å². The third kappa shape index (κ3) is 4.87. The second kappa shape index (κ2) is 8.57. The van der Waals surface area contributed by atoms with Crippen LogP contribution in [0.3, 0.4) is 0 Å². The number of aromatic nitrogens is 1. The van der Waals surface area contributed by atoms with Crippen LogP contribution in [-0.2, 0) is 13.0 Å². The van der Waals surface area contributed by atoms with Gasteiger partial charge < -0.3 is 10.6 Å². The molecule has 0 aliphatic carbocycles. The Bertz CT molecular complexity index is 585. The van der Waals surface area contributed by atoms with Crippen LogP contribution in [0.5, 0.6) is 0 Å². The molecule has 1 aliphatic heterocycles. The van der Waals surface area contributed by atoms with E-state index in [-0.39, 0.29) is 0 Å². The van der Waals surface area contributed by atoms with E-state index in [1.165, 1.54) is 69.3 Å². The lowest BCUT2D eigenvalue weighted by Gasteiger charge is -2.26. The van der Waals surface area contributed by atoms with Gasteiger partial charge in [-0.1, -0.05) is 30.7 Å². The molecule has 0 radical (unpaired) electrons. The van der Waals surface area contributed by atoms with E-state index >= 15 is 0 Å². The minimum Gasteiger partial charge on any atom is -0.326 e. The van der Waals surface area contributed by atoms with Gasteiger partial charge in [-0.25, -0.2) is 4.98 Å². The van der Waals surface area contributed by atoms with Gasteiger partial charge in [0.2, 0.25) is 0 Å².